The minimum atomic E-state index is -1.03. The lowest BCUT2D eigenvalue weighted by atomic mass is 9.95. The molecule has 8 nitrogen and oxygen atoms in total. The van der Waals surface area contributed by atoms with E-state index < -0.39 is 23.7 Å². The van der Waals surface area contributed by atoms with E-state index in [0.29, 0.717) is 34.2 Å². The first-order valence-electron chi connectivity index (χ1n) is 11.8. The summed E-state index contributed by atoms with van der Waals surface area (Å²) in [6, 6.07) is 10.5. The highest BCUT2D eigenvalue weighted by atomic mass is 35.5. The van der Waals surface area contributed by atoms with Crippen LogP contribution in [0.4, 0.5) is 5.13 Å². The lowest BCUT2D eigenvalue weighted by molar-refractivity contribution is -0.132. The zero-order valence-corrected chi connectivity index (χ0v) is 22.8. The van der Waals surface area contributed by atoms with Gasteiger partial charge in [-0.15, -0.1) is 0 Å². The summed E-state index contributed by atoms with van der Waals surface area (Å²) in [6.45, 7) is 10.9. The highest BCUT2D eigenvalue weighted by Gasteiger charge is 2.48. The van der Waals surface area contributed by atoms with Crippen molar-refractivity contribution in [3.05, 3.63) is 106 Å². The van der Waals surface area contributed by atoms with Crippen LogP contribution in [0.25, 0.3) is 5.76 Å². The maximum atomic E-state index is 13.4. The molecule has 1 saturated heterocycles. The van der Waals surface area contributed by atoms with Crippen LogP contribution in [0, 0.1) is 13.8 Å². The van der Waals surface area contributed by atoms with E-state index in [1.807, 2.05) is 0 Å². The van der Waals surface area contributed by atoms with Crippen LogP contribution in [0.1, 0.15) is 38.1 Å². The summed E-state index contributed by atoms with van der Waals surface area (Å²) in [5.41, 5.74) is 1.79. The van der Waals surface area contributed by atoms with Gasteiger partial charge in [0.05, 0.1) is 17.3 Å². The van der Waals surface area contributed by atoms with Crippen LogP contribution in [0.3, 0.4) is 0 Å². The Bertz CT molecular complexity index is 1510. The number of aliphatic hydroxyl groups is 1. The summed E-state index contributed by atoms with van der Waals surface area (Å²) in [4.78, 5) is 45.1. The molecule has 0 saturated carbocycles. The van der Waals surface area contributed by atoms with Crippen LogP contribution in [-0.2, 0) is 14.3 Å². The second-order valence-corrected chi connectivity index (χ2v) is 10.0. The number of thiazole rings is 1. The predicted molar refractivity (Wildman–Crippen MR) is 150 cm³/mol. The standard InChI is InChI=1S/C29H25ClN2O6S/c1-5-13-37-21-12-9-19(15-16(21)3)24(33)22-23(18-7-10-20(30)11-8-18)32(27(35)25(22)34)29-31-17(4)26(39-29)28(36)38-14-6-2/h5-12,15,23,33H,1-2,13-14H2,3-4H3/b24-22+. The number of aryl methyl sites for hydroxylation is 2. The van der Waals surface area contributed by atoms with Crippen LogP contribution < -0.4 is 9.64 Å². The molecule has 1 fully saturated rings. The molecule has 0 bridgehead atoms. The summed E-state index contributed by atoms with van der Waals surface area (Å²) < 4.78 is 10.7. The molecule has 1 N–H and O–H groups in total. The van der Waals surface area contributed by atoms with Gasteiger partial charge >= 0.3 is 11.9 Å². The second-order valence-electron chi connectivity index (χ2n) is 8.60. The number of carbonyl (C=O) groups excluding carboxylic acids is 3. The number of halogens is 1. The topological polar surface area (TPSA) is 106 Å². The van der Waals surface area contributed by atoms with Crippen molar-refractivity contribution in [2.24, 2.45) is 0 Å². The van der Waals surface area contributed by atoms with Gasteiger partial charge < -0.3 is 14.6 Å². The normalized spacial score (nSPS) is 16.3. The van der Waals surface area contributed by atoms with E-state index in [-0.39, 0.29) is 27.9 Å². The summed E-state index contributed by atoms with van der Waals surface area (Å²) in [5.74, 6) is -2.16. The van der Waals surface area contributed by atoms with Crippen LogP contribution in [-0.4, -0.2) is 41.0 Å². The molecule has 1 aliphatic heterocycles. The molecule has 0 radical (unpaired) electrons. The van der Waals surface area contributed by atoms with Crippen molar-refractivity contribution < 1.29 is 29.0 Å². The van der Waals surface area contributed by atoms with Gasteiger partial charge in [-0.3, -0.25) is 14.5 Å². The van der Waals surface area contributed by atoms with Crippen molar-refractivity contribution in [1.82, 2.24) is 4.98 Å². The van der Waals surface area contributed by atoms with Crippen molar-refractivity contribution in [3.63, 3.8) is 0 Å². The molecule has 0 aliphatic carbocycles. The fourth-order valence-electron chi connectivity index (χ4n) is 4.13. The monoisotopic (exact) mass is 564 g/mol. The molecular weight excluding hydrogens is 540 g/mol. The summed E-state index contributed by atoms with van der Waals surface area (Å²) in [7, 11) is 0. The number of amides is 1. The number of aliphatic hydroxyl groups excluding tert-OH is 1. The summed E-state index contributed by atoms with van der Waals surface area (Å²) >= 11 is 7.02. The van der Waals surface area contributed by atoms with E-state index in [4.69, 9.17) is 21.1 Å². The van der Waals surface area contributed by atoms with E-state index in [9.17, 15) is 19.5 Å². The number of nitrogens with zero attached hydrogens (tertiary/aromatic N) is 2. The Hall–Kier alpha value is -4.21. The molecule has 1 unspecified atom stereocenters. The Balaban J connectivity index is 1.85. The van der Waals surface area contributed by atoms with Crippen LogP contribution in [0.5, 0.6) is 5.75 Å². The van der Waals surface area contributed by atoms with Crippen molar-refractivity contribution in [1.29, 1.82) is 0 Å². The molecule has 200 valence electrons. The van der Waals surface area contributed by atoms with Gasteiger partial charge in [0.2, 0.25) is 0 Å². The third-order valence-electron chi connectivity index (χ3n) is 5.94. The van der Waals surface area contributed by atoms with Crippen LogP contribution >= 0.6 is 22.9 Å². The average Bonchev–Trinajstić information content (AvgIpc) is 3.43. The average molecular weight is 565 g/mol. The fraction of sp³-hybridized carbons (Fsp3) is 0.172. The van der Waals surface area contributed by atoms with Gasteiger partial charge in [0, 0.05) is 10.6 Å². The van der Waals surface area contributed by atoms with Gasteiger partial charge in [0.25, 0.3) is 5.78 Å². The molecule has 1 aliphatic rings. The molecule has 10 heteroatoms. The Morgan fingerprint density at radius 2 is 1.82 bits per heavy atom. The van der Waals surface area contributed by atoms with Gasteiger partial charge in [-0.05, 0) is 55.3 Å². The molecule has 1 amide bonds. The third kappa shape index (κ3) is 5.50. The molecule has 2 heterocycles. The molecule has 1 aromatic heterocycles. The number of ether oxygens (including phenoxy) is 2. The largest absolute Gasteiger partial charge is 0.507 e. The maximum Gasteiger partial charge on any atom is 0.350 e. The predicted octanol–water partition coefficient (Wildman–Crippen LogP) is 5.95. The number of ketones is 1. The van der Waals surface area contributed by atoms with Gasteiger partial charge in [-0.2, -0.15) is 0 Å². The van der Waals surface area contributed by atoms with Gasteiger partial charge in [-0.1, -0.05) is 60.4 Å². The molecule has 1 atom stereocenters. The zero-order valence-electron chi connectivity index (χ0n) is 21.3. The van der Waals surface area contributed by atoms with Gasteiger partial charge in [0.15, 0.2) is 5.13 Å². The fourth-order valence-corrected chi connectivity index (χ4v) is 5.24. The smallest absolute Gasteiger partial charge is 0.350 e. The molecule has 0 spiro atoms. The van der Waals surface area contributed by atoms with Crippen molar-refractivity contribution in [2.45, 2.75) is 19.9 Å². The van der Waals surface area contributed by atoms with Crippen molar-refractivity contribution >= 4 is 51.5 Å². The minimum absolute atomic E-state index is 0.0115. The molecule has 39 heavy (non-hydrogen) atoms. The van der Waals surface area contributed by atoms with E-state index in [1.54, 1.807) is 62.4 Å². The second kappa shape index (κ2) is 11.7. The van der Waals surface area contributed by atoms with E-state index >= 15 is 0 Å². The molecule has 4 rings (SSSR count). The Kier molecular flexibility index (Phi) is 8.32. The van der Waals surface area contributed by atoms with Gasteiger partial charge in [0.1, 0.15) is 29.6 Å². The maximum absolute atomic E-state index is 13.4. The number of hydrogen-bond acceptors (Lipinski definition) is 8. The minimum Gasteiger partial charge on any atom is -0.507 e. The Labute approximate surface area is 234 Å². The molecular formula is C29H25ClN2O6S. The third-order valence-corrected chi connectivity index (χ3v) is 7.33. The molecule has 2 aromatic carbocycles. The number of Topliss-reactive ketones (excluding diaryl/α,β-unsaturated/α-hetero) is 1. The van der Waals surface area contributed by atoms with Crippen LogP contribution in [0.2, 0.25) is 5.02 Å². The number of carbonyl (C=O) groups is 3. The quantitative estimate of drug-likeness (QED) is 0.113. The van der Waals surface area contributed by atoms with E-state index in [1.165, 1.54) is 11.0 Å². The number of hydrogen-bond donors (Lipinski definition) is 1. The molecule has 3 aromatic rings. The number of anilines is 1. The zero-order chi connectivity index (χ0) is 28.3. The number of esters is 1. The number of rotatable bonds is 9. The lowest BCUT2D eigenvalue weighted by Gasteiger charge is -2.23. The van der Waals surface area contributed by atoms with E-state index in [2.05, 4.69) is 18.1 Å². The van der Waals surface area contributed by atoms with E-state index in [0.717, 1.165) is 16.9 Å². The van der Waals surface area contributed by atoms with Gasteiger partial charge in [-0.25, -0.2) is 9.78 Å². The Morgan fingerprint density at radius 3 is 2.46 bits per heavy atom. The lowest BCUT2D eigenvalue weighted by Crippen LogP contribution is -2.29. The SMILES string of the molecule is C=CCOC(=O)c1sc(N2C(=O)C(=O)/C(=C(/O)c3ccc(OCC=C)c(C)c3)C2c2ccc(Cl)cc2)nc1C. The highest BCUT2D eigenvalue weighted by Crippen LogP contribution is 2.44. The first kappa shape index (κ1) is 27.8. The summed E-state index contributed by atoms with van der Waals surface area (Å²) in [6.07, 6.45) is 3.06. The highest BCUT2D eigenvalue weighted by molar-refractivity contribution is 7.17. The Morgan fingerprint density at radius 1 is 1.13 bits per heavy atom. The summed E-state index contributed by atoms with van der Waals surface area (Å²) in [5, 5.41) is 12.0. The number of aromatic nitrogens is 1. The van der Waals surface area contributed by atoms with Crippen molar-refractivity contribution in [3.8, 4) is 5.75 Å². The number of benzene rings is 2. The van der Waals surface area contributed by atoms with Crippen LogP contribution in [0.15, 0.2) is 73.3 Å². The van der Waals surface area contributed by atoms with Crippen molar-refractivity contribution in [2.75, 3.05) is 18.1 Å². The first-order chi connectivity index (χ1) is 18.7. The first-order valence-corrected chi connectivity index (χ1v) is 13.0.